The molecule has 2 aromatic carbocycles. The third kappa shape index (κ3) is 2.71. The minimum Gasteiger partial charge on any atom is -0.367 e. The predicted octanol–water partition coefficient (Wildman–Crippen LogP) is 5.08. The van der Waals surface area contributed by atoms with Crippen molar-refractivity contribution in [2.45, 2.75) is 4.90 Å². The largest absolute Gasteiger partial charge is 0.367 e. The van der Waals surface area contributed by atoms with Gasteiger partial charge in [0.15, 0.2) is 0 Å². The van der Waals surface area contributed by atoms with Gasteiger partial charge in [-0.15, -0.1) is 11.8 Å². The van der Waals surface area contributed by atoms with E-state index in [1.165, 1.54) is 0 Å². The lowest BCUT2D eigenvalue weighted by molar-refractivity contribution is 0.439. The van der Waals surface area contributed by atoms with E-state index in [9.17, 15) is 0 Å². The monoisotopic (exact) mass is 360 g/mol. The van der Waals surface area contributed by atoms with Gasteiger partial charge in [-0.05, 0) is 30.0 Å². The van der Waals surface area contributed by atoms with E-state index in [-0.39, 0.29) is 0 Å². The second kappa shape index (κ2) is 5.95. The summed E-state index contributed by atoms with van der Waals surface area (Å²) < 4.78 is 6.24. The Bertz CT molecular complexity index is 785. The first kappa shape index (κ1) is 14.2. The number of aromatic nitrogens is 1. The summed E-state index contributed by atoms with van der Waals surface area (Å²) in [6.07, 6.45) is 2.04. The molecule has 5 heteroatoms. The number of thioether (sulfide) groups is 1. The van der Waals surface area contributed by atoms with Gasteiger partial charge >= 0.3 is 0 Å². The molecule has 3 nitrogen and oxygen atoms in total. The van der Waals surface area contributed by atoms with Crippen molar-refractivity contribution < 1.29 is 4.52 Å². The Labute approximate surface area is 135 Å². The molecule has 21 heavy (non-hydrogen) atoms. The molecule has 0 aliphatic carbocycles. The van der Waals surface area contributed by atoms with Crippen LogP contribution >= 0.6 is 27.7 Å². The van der Waals surface area contributed by atoms with Crippen LogP contribution in [0.25, 0.3) is 22.4 Å². The van der Waals surface area contributed by atoms with Crippen LogP contribution in [-0.4, -0.2) is 11.4 Å². The molecule has 0 aliphatic rings. The molecule has 0 bridgehead atoms. The smallest absolute Gasteiger partial charge is 0.230 e. The number of benzene rings is 2. The molecule has 0 amide bonds. The summed E-state index contributed by atoms with van der Waals surface area (Å²) in [5.41, 5.74) is 9.61. The summed E-state index contributed by atoms with van der Waals surface area (Å²) in [4.78, 5) is 1.14. The first-order valence-corrected chi connectivity index (χ1v) is 8.37. The number of anilines is 1. The van der Waals surface area contributed by atoms with Gasteiger partial charge in [-0.1, -0.05) is 51.4 Å². The highest BCUT2D eigenvalue weighted by atomic mass is 79.9. The third-order valence-electron chi connectivity index (χ3n) is 3.19. The standard InChI is InChI=1S/C16H13BrN2OS/c1-21-13-8-3-2-7-12(13)15-14(16(18)20-19-15)10-5-4-6-11(17)9-10/h2-9H,18H2,1H3. The zero-order valence-electron chi connectivity index (χ0n) is 11.3. The van der Waals surface area contributed by atoms with Gasteiger partial charge < -0.3 is 10.3 Å². The first-order chi connectivity index (χ1) is 10.2. The number of nitrogen functional groups attached to an aromatic ring is 1. The molecular weight excluding hydrogens is 348 g/mol. The zero-order chi connectivity index (χ0) is 14.8. The Morgan fingerprint density at radius 2 is 1.95 bits per heavy atom. The molecule has 0 unspecified atom stereocenters. The lowest BCUT2D eigenvalue weighted by atomic mass is 10.0. The predicted molar refractivity (Wildman–Crippen MR) is 91.3 cm³/mol. The van der Waals surface area contributed by atoms with Crippen molar-refractivity contribution in [3.63, 3.8) is 0 Å². The van der Waals surface area contributed by atoms with E-state index in [4.69, 9.17) is 10.3 Å². The van der Waals surface area contributed by atoms with E-state index in [1.807, 2.05) is 48.7 Å². The summed E-state index contributed by atoms with van der Waals surface area (Å²) >= 11 is 5.16. The van der Waals surface area contributed by atoms with Gasteiger partial charge in [-0.2, -0.15) is 0 Å². The van der Waals surface area contributed by atoms with Gasteiger partial charge in [0.1, 0.15) is 5.69 Å². The van der Waals surface area contributed by atoms with E-state index >= 15 is 0 Å². The van der Waals surface area contributed by atoms with Crippen LogP contribution in [0.4, 0.5) is 5.88 Å². The lowest BCUT2D eigenvalue weighted by Gasteiger charge is -2.07. The molecule has 0 atom stereocenters. The van der Waals surface area contributed by atoms with E-state index in [2.05, 4.69) is 27.2 Å². The van der Waals surface area contributed by atoms with Crippen molar-refractivity contribution in [3.05, 3.63) is 53.0 Å². The molecule has 0 aliphatic heterocycles. The van der Waals surface area contributed by atoms with Crippen LogP contribution in [-0.2, 0) is 0 Å². The minimum atomic E-state index is 0.332. The summed E-state index contributed by atoms with van der Waals surface area (Å²) in [6.45, 7) is 0. The maximum absolute atomic E-state index is 6.00. The average Bonchev–Trinajstić information content (AvgIpc) is 2.88. The Kier molecular flexibility index (Phi) is 4.03. The van der Waals surface area contributed by atoms with E-state index in [0.29, 0.717) is 5.88 Å². The van der Waals surface area contributed by atoms with Gasteiger partial charge in [0.25, 0.3) is 0 Å². The second-order valence-electron chi connectivity index (χ2n) is 4.48. The maximum Gasteiger partial charge on any atom is 0.230 e. The normalized spacial score (nSPS) is 10.8. The Morgan fingerprint density at radius 1 is 1.14 bits per heavy atom. The minimum absolute atomic E-state index is 0.332. The zero-order valence-corrected chi connectivity index (χ0v) is 13.7. The molecule has 0 radical (unpaired) electrons. The van der Waals surface area contributed by atoms with Crippen molar-refractivity contribution in [1.82, 2.24) is 5.16 Å². The van der Waals surface area contributed by atoms with Crippen molar-refractivity contribution in [2.24, 2.45) is 0 Å². The summed E-state index contributed by atoms with van der Waals surface area (Å²) in [6, 6.07) is 16.0. The Balaban J connectivity index is 2.22. The van der Waals surface area contributed by atoms with Crippen LogP contribution in [0.2, 0.25) is 0 Å². The molecule has 0 fully saturated rings. The van der Waals surface area contributed by atoms with Gasteiger partial charge in [-0.3, -0.25) is 0 Å². The molecule has 1 aromatic heterocycles. The molecule has 3 rings (SSSR count). The highest BCUT2D eigenvalue weighted by Crippen LogP contribution is 2.40. The summed E-state index contributed by atoms with van der Waals surface area (Å²) in [7, 11) is 0. The summed E-state index contributed by atoms with van der Waals surface area (Å²) in [5.74, 6) is 0.332. The average molecular weight is 361 g/mol. The second-order valence-corrected chi connectivity index (χ2v) is 6.24. The number of rotatable bonds is 3. The van der Waals surface area contributed by atoms with E-state index < -0.39 is 0 Å². The topological polar surface area (TPSA) is 52.0 Å². The van der Waals surface area contributed by atoms with Gasteiger partial charge in [0.2, 0.25) is 5.88 Å². The SMILES string of the molecule is CSc1ccccc1-c1noc(N)c1-c1cccc(Br)c1. The highest BCUT2D eigenvalue weighted by Gasteiger charge is 2.19. The molecule has 0 saturated carbocycles. The lowest BCUT2D eigenvalue weighted by Crippen LogP contribution is -1.89. The molecule has 0 spiro atoms. The number of nitrogens with zero attached hydrogens (tertiary/aromatic N) is 1. The van der Waals surface area contributed by atoms with Crippen LogP contribution < -0.4 is 5.73 Å². The third-order valence-corrected chi connectivity index (χ3v) is 4.48. The Morgan fingerprint density at radius 3 is 2.71 bits per heavy atom. The fourth-order valence-corrected chi connectivity index (χ4v) is 3.25. The van der Waals surface area contributed by atoms with Crippen molar-refractivity contribution in [3.8, 4) is 22.4 Å². The fraction of sp³-hybridized carbons (Fsp3) is 0.0625. The van der Waals surface area contributed by atoms with Crippen LogP contribution in [0.15, 0.2) is 62.4 Å². The Hall–Kier alpha value is -1.72. The number of halogens is 1. The van der Waals surface area contributed by atoms with Crippen molar-refractivity contribution >= 4 is 33.6 Å². The van der Waals surface area contributed by atoms with Crippen molar-refractivity contribution in [2.75, 3.05) is 12.0 Å². The number of hydrogen-bond donors (Lipinski definition) is 1. The number of nitrogens with two attached hydrogens (primary N) is 1. The fourth-order valence-electron chi connectivity index (χ4n) is 2.25. The molecule has 0 saturated heterocycles. The van der Waals surface area contributed by atoms with Crippen LogP contribution in [0.1, 0.15) is 0 Å². The van der Waals surface area contributed by atoms with Crippen LogP contribution in [0, 0.1) is 0 Å². The summed E-state index contributed by atoms with van der Waals surface area (Å²) in [5, 5.41) is 4.17. The highest BCUT2D eigenvalue weighted by molar-refractivity contribution is 9.10. The van der Waals surface area contributed by atoms with Crippen LogP contribution in [0.5, 0.6) is 0 Å². The van der Waals surface area contributed by atoms with Gasteiger partial charge in [-0.25, -0.2) is 0 Å². The van der Waals surface area contributed by atoms with E-state index in [0.717, 1.165) is 31.8 Å². The van der Waals surface area contributed by atoms with E-state index in [1.54, 1.807) is 11.8 Å². The maximum atomic E-state index is 6.00. The van der Waals surface area contributed by atoms with Gasteiger partial charge in [0, 0.05) is 14.9 Å². The molecule has 3 aromatic rings. The van der Waals surface area contributed by atoms with Gasteiger partial charge in [0.05, 0.1) is 5.56 Å². The molecule has 2 N–H and O–H groups in total. The van der Waals surface area contributed by atoms with Crippen LogP contribution in [0.3, 0.4) is 0 Å². The molecular formula is C16H13BrN2OS. The first-order valence-electron chi connectivity index (χ1n) is 6.35. The molecule has 1 heterocycles. The van der Waals surface area contributed by atoms with Crippen molar-refractivity contribution in [1.29, 1.82) is 0 Å². The number of hydrogen-bond acceptors (Lipinski definition) is 4. The quantitative estimate of drug-likeness (QED) is 0.662. The molecule has 106 valence electrons.